The molecule has 5 nitrogen and oxygen atoms in total. The van der Waals surface area contributed by atoms with Crippen LogP contribution in [-0.2, 0) is 4.79 Å². The highest BCUT2D eigenvalue weighted by molar-refractivity contribution is 5.80. The lowest BCUT2D eigenvalue weighted by Gasteiger charge is -2.23. The van der Waals surface area contributed by atoms with E-state index < -0.39 is 24.2 Å². The van der Waals surface area contributed by atoms with E-state index in [0.29, 0.717) is 12.8 Å². The van der Waals surface area contributed by atoms with Gasteiger partial charge in [-0.05, 0) is 12.8 Å². The molecule has 5 heteroatoms. The maximum absolute atomic E-state index is 12.6. The summed E-state index contributed by atoms with van der Waals surface area (Å²) in [5, 5.41) is 33.6. The zero-order valence-electron chi connectivity index (χ0n) is 44.0. The Morgan fingerprint density at radius 1 is 0.312 bits per heavy atom. The molecule has 0 heterocycles. The van der Waals surface area contributed by atoms with E-state index in [1.807, 2.05) is 0 Å². The fourth-order valence-corrected chi connectivity index (χ4v) is 9.84. The van der Waals surface area contributed by atoms with Gasteiger partial charge in [-0.25, -0.2) is 0 Å². The molecule has 384 valence electrons. The minimum absolute atomic E-state index is 0.307. The van der Waals surface area contributed by atoms with Crippen molar-refractivity contribution in [3.63, 3.8) is 0 Å². The van der Waals surface area contributed by atoms with Crippen molar-refractivity contribution in [2.75, 3.05) is 6.61 Å². The van der Waals surface area contributed by atoms with Crippen molar-refractivity contribution < 1.29 is 20.1 Å². The lowest BCUT2D eigenvalue weighted by atomic mass is 10.0. The van der Waals surface area contributed by atoms with Gasteiger partial charge in [0.05, 0.1) is 18.8 Å². The highest BCUT2D eigenvalue weighted by Crippen LogP contribution is 2.19. The molecule has 0 aliphatic heterocycles. The van der Waals surface area contributed by atoms with E-state index in [1.165, 1.54) is 289 Å². The Balaban J connectivity index is 3.47. The molecule has 0 aliphatic rings. The standard InChI is InChI=1S/C59H119NO4/c1-3-5-7-9-11-13-15-17-19-21-23-25-27-28-29-30-31-32-34-36-38-40-42-44-46-48-50-52-54-58(63)59(64)60-56(55-61)57(62)53-51-49-47-45-43-41-39-37-35-33-26-24-22-20-18-16-14-12-10-8-6-4-2/h56-58,61-63H,3-55H2,1-2H3,(H,60,64). The van der Waals surface area contributed by atoms with Gasteiger partial charge in [-0.15, -0.1) is 0 Å². The zero-order chi connectivity index (χ0) is 46.5. The van der Waals surface area contributed by atoms with E-state index in [2.05, 4.69) is 19.2 Å². The van der Waals surface area contributed by atoms with Gasteiger partial charge in [0.2, 0.25) is 5.91 Å². The lowest BCUT2D eigenvalue weighted by Crippen LogP contribution is -2.49. The smallest absolute Gasteiger partial charge is 0.249 e. The molecule has 0 aromatic carbocycles. The fraction of sp³-hybridized carbons (Fsp3) is 0.983. The van der Waals surface area contributed by atoms with Crippen LogP contribution in [0.4, 0.5) is 0 Å². The van der Waals surface area contributed by atoms with E-state index in [-0.39, 0.29) is 6.61 Å². The topological polar surface area (TPSA) is 89.8 Å². The van der Waals surface area contributed by atoms with Crippen molar-refractivity contribution in [2.24, 2.45) is 0 Å². The zero-order valence-corrected chi connectivity index (χ0v) is 44.0. The molecule has 0 aromatic heterocycles. The Bertz CT molecular complexity index is 868. The van der Waals surface area contributed by atoms with Gasteiger partial charge in [-0.1, -0.05) is 335 Å². The third-order valence-electron chi connectivity index (χ3n) is 14.5. The molecule has 3 atom stereocenters. The summed E-state index contributed by atoms with van der Waals surface area (Å²) in [6.45, 7) is 4.28. The molecule has 4 N–H and O–H groups in total. The highest BCUT2D eigenvalue weighted by atomic mass is 16.3. The summed E-state index contributed by atoms with van der Waals surface area (Å²) < 4.78 is 0. The molecule has 3 unspecified atom stereocenters. The quantitative estimate of drug-likeness (QED) is 0.0458. The monoisotopic (exact) mass is 906 g/mol. The Morgan fingerprint density at radius 2 is 0.500 bits per heavy atom. The normalized spacial score (nSPS) is 13.1. The van der Waals surface area contributed by atoms with E-state index in [1.54, 1.807) is 0 Å². The first kappa shape index (κ1) is 63.4. The van der Waals surface area contributed by atoms with Crippen molar-refractivity contribution in [1.82, 2.24) is 5.32 Å². The molecule has 0 radical (unpaired) electrons. The van der Waals surface area contributed by atoms with Crippen LogP contribution in [0, 0.1) is 0 Å². The summed E-state index contributed by atoms with van der Waals surface area (Å²) in [4.78, 5) is 12.6. The van der Waals surface area contributed by atoms with Crippen molar-refractivity contribution in [3.05, 3.63) is 0 Å². The third kappa shape index (κ3) is 49.3. The minimum atomic E-state index is -1.07. The van der Waals surface area contributed by atoms with Crippen molar-refractivity contribution in [1.29, 1.82) is 0 Å². The Kier molecular flexibility index (Phi) is 54.4. The Labute approximate surface area is 402 Å². The van der Waals surface area contributed by atoms with Gasteiger partial charge in [-0.2, -0.15) is 0 Å². The number of hydrogen-bond donors (Lipinski definition) is 4. The van der Waals surface area contributed by atoms with E-state index in [4.69, 9.17) is 0 Å². The summed E-state index contributed by atoms with van der Waals surface area (Å²) >= 11 is 0. The predicted octanol–water partition coefficient (Wildman–Crippen LogP) is 18.5. The number of rotatable bonds is 56. The van der Waals surface area contributed by atoms with Gasteiger partial charge in [0, 0.05) is 0 Å². The van der Waals surface area contributed by atoms with Crippen molar-refractivity contribution in [3.8, 4) is 0 Å². The van der Waals surface area contributed by atoms with Crippen LogP contribution in [0.25, 0.3) is 0 Å². The van der Waals surface area contributed by atoms with Gasteiger partial charge in [0.25, 0.3) is 0 Å². The number of aliphatic hydroxyl groups is 3. The van der Waals surface area contributed by atoms with E-state index >= 15 is 0 Å². The maximum atomic E-state index is 12.6. The maximum Gasteiger partial charge on any atom is 0.249 e. The molecule has 0 aromatic rings. The van der Waals surface area contributed by atoms with Crippen LogP contribution in [0.3, 0.4) is 0 Å². The van der Waals surface area contributed by atoms with E-state index in [0.717, 1.165) is 32.1 Å². The van der Waals surface area contributed by atoms with Gasteiger partial charge >= 0.3 is 0 Å². The van der Waals surface area contributed by atoms with Gasteiger partial charge < -0.3 is 20.6 Å². The molecular formula is C59H119NO4. The first-order chi connectivity index (χ1) is 31.6. The summed E-state index contributed by atoms with van der Waals surface area (Å²) in [5.41, 5.74) is 0. The van der Waals surface area contributed by atoms with Crippen LogP contribution >= 0.6 is 0 Å². The van der Waals surface area contributed by atoms with Crippen LogP contribution < -0.4 is 5.32 Å². The molecule has 0 bridgehead atoms. The third-order valence-corrected chi connectivity index (χ3v) is 14.5. The number of hydrogen-bond acceptors (Lipinski definition) is 4. The van der Waals surface area contributed by atoms with Crippen LogP contribution in [0.5, 0.6) is 0 Å². The van der Waals surface area contributed by atoms with Crippen LogP contribution in [0.2, 0.25) is 0 Å². The molecule has 0 fully saturated rings. The molecule has 0 aliphatic carbocycles. The van der Waals surface area contributed by atoms with Gasteiger partial charge in [-0.3, -0.25) is 4.79 Å². The van der Waals surface area contributed by atoms with Gasteiger partial charge in [0.15, 0.2) is 0 Å². The largest absolute Gasteiger partial charge is 0.394 e. The van der Waals surface area contributed by atoms with Crippen LogP contribution in [-0.4, -0.2) is 46.1 Å². The van der Waals surface area contributed by atoms with Crippen molar-refractivity contribution >= 4 is 5.91 Å². The summed E-state index contributed by atoms with van der Waals surface area (Å²) in [6.07, 6.45) is 67.4. The minimum Gasteiger partial charge on any atom is -0.394 e. The second-order valence-corrected chi connectivity index (χ2v) is 20.9. The number of amides is 1. The average Bonchev–Trinajstić information content (AvgIpc) is 3.30. The number of carbonyl (C=O) groups is 1. The highest BCUT2D eigenvalue weighted by Gasteiger charge is 2.23. The van der Waals surface area contributed by atoms with Crippen molar-refractivity contribution in [2.45, 2.75) is 366 Å². The SMILES string of the molecule is CCCCCCCCCCCCCCCCCCCCCCCCCCCCCCC(O)C(=O)NC(CO)C(O)CCCCCCCCCCCCCCCCCCCCCCCC. The van der Waals surface area contributed by atoms with Gasteiger partial charge in [0.1, 0.15) is 6.10 Å². The molecule has 1 amide bonds. The van der Waals surface area contributed by atoms with Crippen LogP contribution in [0.1, 0.15) is 348 Å². The number of unbranched alkanes of at least 4 members (excludes halogenated alkanes) is 48. The average molecular weight is 907 g/mol. The number of carbonyl (C=O) groups excluding carboxylic acids is 1. The number of aliphatic hydroxyl groups excluding tert-OH is 3. The molecule has 0 saturated carbocycles. The molecule has 64 heavy (non-hydrogen) atoms. The summed E-state index contributed by atoms with van der Waals surface area (Å²) in [5.74, 6) is -0.461. The number of nitrogens with one attached hydrogen (secondary N) is 1. The van der Waals surface area contributed by atoms with Crippen LogP contribution in [0.15, 0.2) is 0 Å². The first-order valence-corrected chi connectivity index (χ1v) is 29.8. The molecule has 0 spiro atoms. The first-order valence-electron chi connectivity index (χ1n) is 29.8. The Morgan fingerprint density at radius 3 is 0.703 bits per heavy atom. The molecular weight excluding hydrogens is 787 g/mol. The second kappa shape index (κ2) is 55.0. The predicted molar refractivity (Wildman–Crippen MR) is 282 cm³/mol. The summed E-state index contributed by atoms with van der Waals surface area (Å²) in [7, 11) is 0. The second-order valence-electron chi connectivity index (χ2n) is 20.9. The fourth-order valence-electron chi connectivity index (χ4n) is 9.84. The molecule has 0 rings (SSSR count). The Hall–Kier alpha value is -0.650. The summed E-state index contributed by atoms with van der Waals surface area (Å²) in [6, 6.07) is -0.708. The lowest BCUT2D eigenvalue weighted by molar-refractivity contribution is -0.131. The van der Waals surface area contributed by atoms with E-state index in [9.17, 15) is 20.1 Å². The molecule has 0 saturated heterocycles.